The molecule has 2 rings (SSSR count). The Kier molecular flexibility index (Phi) is 5.76. The number of hydrogen-bond donors (Lipinski definition) is 2. The smallest absolute Gasteiger partial charge is 0.330 e. The van der Waals surface area contributed by atoms with Crippen LogP contribution in [0.4, 0.5) is 0 Å². The monoisotopic (exact) mass is 365 g/mol. The van der Waals surface area contributed by atoms with Gasteiger partial charge in [-0.15, -0.1) is 0 Å². The van der Waals surface area contributed by atoms with Crippen LogP contribution in [0.15, 0.2) is 35.1 Å². The number of amides is 1. The molecule has 25 heavy (non-hydrogen) atoms. The van der Waals surface area contributed by atoms with E-state index in [1.807, 2.05) is 0 Å². The van der Waals surface area contributed by atoms with E-state index in [-0.39, 0.29) is 28.4 Å². The minimum atomic E-state index is -1.33. The van der Waals surface area contributed by atoms with E-state index >= 15 is 0 Å². The van der Waals surface area contributed by atoms with Crippen molar-refractivity contribution in [2.45, 2.75) is 19.5 Å². The second-order valence-electron chi connectivity index (χ2n) is 5.01. The molecule has 0 aliphatic rings. The molecule has 0 radical (unpaired) electrons. The molecule has 2 aromatic rings. The number of carboxylic acids is 1. The zero-order valence-electron chi connectivity index (χ0n) is 13.5. The summed E-state index contributed by atoms with van der Waals surface area (Å²) in [5.41, 5.74) is -0.140. The first-order valence-corrected chi connectivity index (χ1v) is 7.70. The van der Waals surface area contributed by atoms with Crippen molar-refractivity contribution in [3.63, 3.8) is 0 Å². The lowest BCUT2D eigenvalue weighted by Gasteiger charge is -2.16. The van der Waals surface area contributed by atoms with Crippen LogP contribution in [-0.2, 0) is 11.3 Å². The van der Waals surface area contributed by atoms with Gasteiger partial charge in [-0.05, 0) is 30.7 Å². The number of aliphatic carboxylic acids is 1. The van der Waals surface area contributed by atoms with Gasteiger partial charge in [-0.25, -0.2) is 9.48 Å². The summed E-state index contributed by atoms with van der Waals surface area (Å²) in [5, 5.41) is 15.9. The van der Waals surface area contributed by atoms with E-state index in [0.717, 1.165) is 4.68 Å². The molecule has 0 spiro atoms. The Labute approximate surface area is 148 Å². The predicted molar refractivity (Wildman–Crippen MR) is 90.0 cm³/mol. The molecule has 0 bridgehead atoms. The molecule has 132 valence electrons. The molecule has 1 aromatic heterocycles. The Morgan fingerprint density at radius 1 is 1.36 bits per heavy atom. The molecule has 0 fully saturated rings. The molecule has 1 amide bonds. The average Bonchev–Trinajstić information content (AvgIpc) is 2.59. The Balaban J connectivity index is 2.30. The van der Waals surface area contributed by atoms with Crippen LogP contribution in [0.25, 0.3) is 0 Å². The lowest BCUT2D eigenvalue weighted by Crippen LogP contribution is -2.35. The standard InChI is InChI=1S/C16H16ClN3O5/c1-3-20-13(21)7-5-11(19-20)15(22)18-14(16(23)24)9-4-6-12(25-2)10(17)8-9/h4-8,14H,3H2,1-2H3,(H,18,22)(H,23,24). The lowest BCUT2D eigenvalue weighted by atomic mass is 10.1. The summed E-state index contributed by atoms with van der Waals surface area (Å²) in [4.78, 5) is 35.4. The van der Waals surface area contributed by atoms with E-state index in [9.17, 15) is 19.5 Å². The molecule has 1 aromatic carbocycles. The third kappa shape index (κ3) is 4.16. The first-order valence-electron chi connectivity index (χ1n) is 7.32. The highest BCUT2D eigenvalue weighted by atomic mass is 35.5. The molecule has 0 aliphatic heterocycles. The number of benzene rings is 1. The third-order valence-electron chi connectivity index (χ3n) is 3.43. The van der Waals surface area contributed by atoms with Crippen molar-refractivity contribution >= 4 is 23.5 Å². The average molecular weight is 366 g/mol. The third-order valence-corrected chi connectivity index (χ3v) is 3.73. The van der Waals surface area contributed by atoms with Crippen LogP contribution in [0.3, 0.4) is 0 Å². The number of nitrogens with zero attached hydrogens (tertiary/aromatic N) is 2. The molecule has 1 unspecified atom stereocenters. The van der Waals surface area contributed by atoms with Crippen LogP contribution >= 0.6 is 11.6 Å². The second-order valence-corrected chi connectivity index (χ2v) is 5.42. The SMILES string of the molecule is CCn1nc(C(=O)NC(C(=O)O)c2ccc(OC)c(Cl)c2)ccc1=O. The highest BCUT2D eigenvalue weighted by molar-refractivity contribution is 6.32. The van der Waals surface area contributed by atoms with Crippen LogP contribution in [0.5, 0.6) is 5.75 Å². The summed E-state index contributed by atoms with van der Waals surface area (Å²) in [7, 11) is 1.44. The maximum absolute atomic E-state index is 12.3. The number of carbonyl (C=O) groups excluding carboxylic acids is 1. The summed E-state index contributed by atoms with van der Waals surface area (Å²) < 4.78 is 6.12. The molecule has 1 heterocycles. The summed E-state index contributed by atoms with van der Waals surface area (Å²) in [6, 6.07) is 5.51. The van der Waals surface area contributed by atoms with Gasteiger partial charge < -0.3 is 15.2 Å². The van der Waals surface area contributed by atoms with Crippen LogP contribution in [0, 0.1) is 0 Å². The molecule has 8 nitrogen and oxygen atoms in total. The van der Waals surface area contributed by atoms with Gasteiger partial charge in [0.1, 0.15) is 11.4 Å². The van der Waals surface area contributed by atoms with Crippen molar-refractivity contribution in [3.05, 3.63) is 57.0 Å². The second kappa shape index (κ2) is 7.80. The Morgan fingerprint density at radius 2 is 2.08 bits per heavy atom. The van der Waals surface area contributed by atoms with Crippen LogP contribution in [-0.4, -0.2) is 33.9 Å². The van der Waals surface area contributed by atoms with E-state index < -0.39 is 17.9 Å². The summed E-state index contributed by atoms with van der Waals surface area (Å²) >= 11 is 6.01. The minimum absolute atomic E-state index is 0.0627. The van der Waals surface area contributed by atoms with Gasteiger partial charge >= 0.3 is 5.97 Å². The zero-order valence-corrected chi connectivity index (χ0v) is 14.3. The van der Waals surface area contributed by atoms with E-state index in [4.69, 9.17) is 16.3 Å². The van der Waals surface area contributed by atoms with Crippen molar-refractivity contribution in [3.8, 4) is 5.75 Å². The molecule has 2 N–H and O–H groups in total. The maximum Gasteiger partial charge on any atom is 0.330 e. The van der Waals surface area contributed by atoms with Crippen molar-refractivity contribution < 1.29 is 19.4 Å². The Morgan fingerprint density at radius 3 is 2.64 bits per heavy atom. The molecule has 0 saturated heterocycles. The van der Waals surface area contributed by atoms with Gasteiger partial charge in [0.15, 0.2) is 6.04 Å². The zero-order chi connectivity index (χ0) is 18.6. The number of methoxy groups -OCH3 is 1. The normalized spacial score (nSPS) is 11.6. The fourth-order valence-corrected chi connectivity index (χ4v) is 2.42. The molecule has 1 atom stereocenters. The van der Waals surface area contributed by atoms with Crippen molar-refractivity contribution in [1.29, 1.82) is 0 Å². The van der Waals surface area contributed by atoms with Crippen LogP contribution in [0.1, 0.15) is 29.0 Å². The number of hydrogen-bond acceptors (Lipinski definition) is 5. The number of rotatable bonds is 6. The molecular formula is C16H16ClN3O5. The van der Waals surface area contributed by atoms with Crippen molar-refractivity contribution in [2.75, 3.05) is 7.11 Å². The number of aryl methyl sites for hydroxylation is 1. The number of nitrogens with one attached hydrogen (secondary N) is 1. The first-order chi connectivity index (χ1) is 11.9. The molecular weight excluding hydrogens is 350 g/mol. The number of carbonyl (C=O) groups is 2. The maximum atomic E-state index is 12.3. The van der Waals surface area contributed by atoms with E-state index in [1.54, 1.807) is 6.92 Å². The predicted octanol–water partition coefficient (Wildman–Crippen LogP) is 1.48. The Bertz CT molecular complexity index is 865. The van der Waals surface area contributed by atoms with Crippen molar-refractivity contribution in [2.24, 2.45) is 0 Å². The molecule has 9 heteroatoms. The van der Waals surface area contributed by atoms with Gasteiger partial charge in [-0.2, -0.15) is 5.10 Å². The van der Waals surface area contributed by atoms with Gasteiger partial charge in [-0.3, -0.25) is 9.59 Å². The van der Waals surface area contributed by atoms with Gasteiger partial charge in [0, 0.05) is 12.6 Å². The van der Waals surface area contributed by atoms with Gasteiger partial charge in [0.05, 0.1) is 12.1 Å². The molecule has 0 aliphatic carbocycles. The topological polar surface area (TPSA) is 111 Å². The van der Waals surface area contributed by atoms with Crippen LogP contribution in [0.2, 0.25) is 5.02 Å². The minimum Gasteiger partial charge on any atom is -0.495 e. The Hall–Kier alpha value is -2.87. The van der Waals surface area contributed by atoms with E-state index in [1.165, 1.54) is 37.4 Å². The summed E-state index contributed by atoms with van der Waals surface area (Å²) in [6.45, 7) is 1.99. The number of ether oxygens (including phenoxy) is 1. The van der Waals surface area contributed by atoms with Crippen LogP contribution < -0.4 is 15.6 Å². The van der Waals surface area contributed by atoms with Gasteiger partial charge in [-0.1, -0.05) is 17.7 Å². The number of carboxylic acid groups (broad SMARTS) is 1. The fraction of sp³-hybridized carbons (Fsp3) is 0.250. The van der Waals surface area contributed by atoms with Gasteiger partial charge in [0.25, 0.3) is 11.5 Å². The largest absolute Gasteiger partial charge is 0.495 e. The fourth-order valence-electron chi connectivity index (χ4n) is 2.15. The quantitative estimate of drug-likeness (QED) is 0.802. The number of aromatic nitrogens is 2. The first kappa shape index (κ1) is 18.5. The summed E-state index contributed by atoms with van der Waals surface area (Å²) in [6.07, 6.45) is 0. The van der Waals surface area contributed by atoms with Crippen molar-refractivity contribution in [1.82, 2.24) is 15.1 Å². The highest BCUT2D eigenvalue weighted by Gasteiger charge is 2.24. The lowest BCUT2D eigenvalue weighted by molar-refractivity contribution is -0.139. The molecule has 0 saturated carbocycles. The number of halogens is 1. The van der Waals surface area contributed by atoms with E-state index in [0.29, 0.717) is 5.75 Å². The van der Waals surface area contributed by atoms with E-state index in [2.05, 4.69) is 10.4 Å². The van der Waals surface area contributed by atoms with Gasteiger partial charge in [0.2, 0.25) is 0 Å². The summed E-state index contributed by atoms with van der Waals surface area (Å²) in [5.74, 6) is -1.60. The highest BCUT2D eigenvalue weighted by Crippen LogP contribution is 2.27.